The van der Waals surface area contributed by atoms with E-state index in [0.717, 1.165) is 12.8 Å². The Kier molecular flexibility index (Phi) is 2.54. The molecule has 2 saturated carbocycles. The van der Waals surface area contributed by atoms with E-state index in [9.17, 15) is 4.79 Å². The lowest BCUT2D eigenvalue weighted by Crippen LogP contribution is -2.47. The van der Waals surface area contributed by atoms with Crippen LogP contribution >= 0.6 is 0 Å². The third-order valence-corrected chi connectivity index (χ3v) is 3.31. The van der Waals surface area contributed by atoms with Crippen molar-refractivity contribution >= 4 is 5.97 Å². The lowest BCUT2D eigenvalue weighted by atomic mass is 9.80. The van der Waals surface area contributed by atoms with Gasteiger partial charge in [0.15, 0.2) is 0 Å². The molecule has 0 bridgehead atoms. The van der Waals surface area contributed by atoms with E-state index >= 15 is 0 Å². The fourth-order valence-corrected chi connectivity index (χ4v) is 2.38. The first-order valence-corrected chi connectivity index (χ1v) is 5.24. The Balaban J connectivity index is 1.66. The molecule has 0 aromatic carbocycles. The lowest BCUT2D eigenvalue weighted by Gasteiger charge is -2.35. The molecule has 2 N–H and O–H groups in total. The number of hydrogen-bond acceptors (Lipinski definition) is 2. The molecule has 3 heteroatoms. The average molecular weight is 183 g/mol. The number of rotatable bonds is 3. The smallest absolute Gasteiger partial charge is 0.306 e. The highest BCUT2D eigenvalue weighted by Crippen LogP contribution is 2.29. The van der Waals surface area contributed by atoms with Gasteiger partial charge in [0.1, 0.15) is 0 Å². The van der Waals surface area contributed by atoms with Gasteiger partial charge in [0.2, 0.25) is 0 Å². The third kappa shape index (κ3) is 2.02. The van der Waals surface area contributed by atoms with Gasteiger partial charge in [0.05, 0.1) is 5.92 Å². The van der Waals surface area contributed by atoms with Crippen molar-refractivity contribution in [3.8, 4) is 0 Å². The zero-order valence-electron chi connectivity index (χ0n) is 7.83. The molecule has 0 amide bonds. The number of carbonyl (C=O) groups is 1. The minimum Gasteiger partial charge on any atom is -0.481 e. The highest BCUT2D eigenvalue weighted by Gasteiger charge is 2.35. The summed E-state index contributed by atoms with van der Waals surface area (Å²) in [6, 6.07) is 1.17. The molecule has 0 atom stereocenters. The normalized spacial score (nSPS) is 34.5. The minimum absolute atomic E-state index is 0.0705. The molecule has 13 heavy (non-hydrogen) atoms. The summed E-state index contributed by atoms with van der Waals surface area (Å²) in [5, 5.41) is 12.2. The predicted octanol–water partition coefficient (Wildman–Crippen LogP) is 1.38. The molecular formula is C10H17NO2. The van der Waals surface area contributed by atoms with Crippen LogP contribution in [0.2, 0.25) is 0 Å². The van der Waals surface area contributed by atoms with Crippen molar-refractivity contribution in [1.82, 2.24) is 5.32 Å². The summed E-state index contributed by atoms with van der Waals surface area (Å²) in [5.74, 6) is -0.691. The zero-order valence-corrected chi connectivity index (χ0v) is 7.83. The highest BCUT2D eigenvalue weighted by atomic mass is 16.4. The van der Waals surface area contributed by atoms with Crippen LogP contribution in [0.3, 0.4) is 0 Å². The van der Waals surface area contributed by atoms with Crippen molar-refractivity contribution < 1.29 is 9.90 Å². The van der Waals surface area contributed by atoms with Crippen molar-refractivity contribution in [1.29, 1.82) is 0 Å². The Morgan fingerprint density at radius 1 is 1.15 bits per heavy atom. The van der Waals surface area contributed by atoms with E-state index < -0.39 is 5.97 Å². The molecule has 0 aliphatic heterocycles. The first-order valence-electron chi connectivity index (χ1n) is 5.24. The summed E-state index contributed by atoms with van der Waals surface area (Å²) < 4.78 is 0. The monoisotopic (exact) mass is 183 g/mol. The van der Waals surface area contributed by atoms with E-state index in [1.165, 1.54) is 25.7 Å². The SMILES string of the molecule is O=C(O)C1CC(NC2CCCC2)C1. The number of aliphatic carboxylic acids is 1. The number of hydrogen-bond donors (Lipinski definition) is 2. The second-order valence-electron chi connectivity index (χ2n) is 4.35. The van der Waals surface area contributed by atoms with Gasteiger partial charge in [-0.3, -0.25) is 4.79 Å². The van der Waals surface area contributed by atoms with Crippen LogP contribution in [0, 0.1) is 5.92 Å². The van der Waals surface area contributed by atoms with Gasteiger partial charge in [-0.1, -0.05) is 12.8 Å². The maximum Gasteiger partial charge on any atom is 0.306 e. The van der Waals surface area contributed by atoms with Crippen LogP contribution in [-0.2, 0) is 4.79 Å². The van der Waals surface area contributed by atoms with Gasteiger partial charge in [0.25, 0.3) is 0 Å². The van der Waals surface area contributed by atoms with E-state index in [4.69, 9.17) is 5.11 Å². The van der Waals surface area contributed by atoms with Crippen LogP contribution in [-0.4, -0.2) is 23.2 Å². The second kappa shape index (κ2) is 3.66. The van der Waals surface area contributed by atoms with E-state index in [0.29, 0.717) is 12.1 Å². The summed E-state index contributed by atoms with van der Waals surface area (Å²) in [6.45, 7) is 0. The van der Waals surface area contributed by atoms with Gasteiger partial charge >= 0.3 is 5.97 Å². The highest BCUT2D eigenvalue weighted by molar-refractivity contribution is 5.71. The van der Waals surface area contributed by atoms with Gasteiger partial charge in [0, 0.05) is 12.1 Å². The molecule has 0 aromatic heterocycles. The molecule has 2 aliphatic rings. The van der Waals surface area contributed by atoms with Crippen LogP contribution in [0.1, 0.15) is 38.5 Å². The summed E-state index contributed by atoms with van der Waals surface area (Å²) >= 11 is 0. The van der Waals surface area contributed by atoms with Crippen LogP contribution in [0.4, 0.5) is 0 Å². The largest absolute Gasteiger partial charge is 0.481 e. The summed E-state index contributed by atoms with van der Waals surface area (Å²) in [5.41, 5.74) is 0. The van der Waals surface area contributed by atoms with Crippen molar-refractivity contribution in [3.63, 3.8) is 0 Å². The topological polar surface area (TPSA) is 49.3 Å². The second-order valence-corrected chi connectivity index (χ2v) is 4.35. The zero-order chi connectivity index (χ0) is 9.26. The Hall–Kier alpha value is -0.570. The van der Waals surface area contributed by atoms with E-state index in [2.05, 4.69) is 5.32 Å². The Bertz CT molecular complexity index is 193. The molecule has 74 valence electrons. The Labute approximate surface area is 78.5 Å². The molecule has 3 nitrogen and oxygen atoms in total. The third-order valence-electron chi connectivity index (χ3n) is 3.31. The van der Waals surface area contributed by atoms with Crippen LogP contribution in [0.25, 0.3) is 0 Å². The lowest BCUT2D eigenvalue weighted by molar-refractivity contribution is -0.145. The van der Waals surface area contributed by atoms with Crippen molar-refractivity contribution in [2.75, 3.05) is 0 Å². The molecule has 2 rings (SSSR count). The molecule has 0 heterocycles. The van der Waals surface area contributed by atoms with E-state index in [-0.39, 0.29) is 5.92 Å². The first kappa shape index (κ1) is 9.00. The number of carboxylic acids is 1. The van der Waals surface area contributed by atoms with Gasteiger partial charge in [-0.25, -0.2) is 0 Å². The molecule has 0 aromatic rings. The van der Waals surface area contributed by atoms with Crippen molar-refractivity contribution in [2.45, 2.75) is 50.6 Å². The molecule has 0 radical (unpaired) electrons. The Morgan fingerprint density at radius 2 is 1.77 bits per heavy atom. The van der Waals surface area contributed by atoms with E-state index in [1.54, 1.807) is 0 Å². The molecule has 0 spiro atoms. The first-order chi connectivity index (χ1) is 6.25. The summed E-state index contributed by atoms with van der Waals surface area (Å²) in [7, 11) is 0. The quantitative estimate of drug-likeness (QED) is 0.695. The molecular weight excluding hydrogens is 166 g/mol. The molecule has 2 fully saturated rings. The van der Waals surface area contributed by atoms with Crippen molar-refractivity contribution in [3.05, 3.63) is 0 Å². The fraction of sp³-hybridized carbons (Fsp3) is 0.900. The van der Waals surface area contributed by atoms with Crippen LogP contribution in [0.15, 0.2) is 0 Å². The molecule has 2 aliphatic carbocycles. The number of carboxylic acid groups (broad SMARTS) is 1. The number of nitrogens with one attached hydrogen (secondary N) is 1. The standard InChI is InChI=1S/C10H17NO2/c12-10(13)7-5-9(6-7)11-8-3-1-2-4-8/h7-9,11H,1-6H2,(H,12,13). The Morgan fingerprint density at radius 3 is 2.31 bits per heavy atom. The molecule has 0 saturated heterocycles. The van der Waals surface area contributed by atoms with Gasteiger partial charge in [-0.2, -0.15) is 0 Å². The maximum absolute atomic E-state index is 10.5. The minimum atomic E-state index is -0.621. The average Bonchev–Trinajstić information content (AvgIpc) is 2.46. The van der Waals surface area contributed by atoms with Gasteiger partial charge < -0.3 is 10.4 Å². The molecule has 0 unspecified atom stereocenters. The van der Waals surface area contributed by atoms with Gasteiger partial charge in [-0.05, 0) is 25.7 Å². The summed E-state index contributed by atoms with van der Waals surface area (Å²) in [6.07, 6.45) is 6.93. The van der Waals surface area contributed by atoms with Crippen molar-refractivity contribution in [2.24, 2.45) is 5.92 Å². The van der Waals surface area contributed by atoms with Crippen LogP contribution in [0.5, 0.6) is 0 Å². The summed E-state index contributed by atoms with van der Waals surface area (Å²) in [4.78, 5) is 10.5. The van der Waals surface area contributed by atoms with Gasteiger partial charge in [-0.15, -0.1) is 0 Å². The van der Waals surface area contributed by atoms with Crippen LogP contribution < -0.4 is 5.32 Å². The predicted molar refractivity (Wildman–Crippen MR) is 49.5 cm³/mol. The van der Waals surface area contributed by atoms with E-state index in [1.807, 2.05) is 0 Å². The fourth-order valence-electron chi connectivity index (χ4n) is 2.38. The maximum atomic E-state index is 10.5.